The smallest absolute Gasteiger partial charge is 0.176 e. The third kappa shape index (κ3) is 4.22. The molecule has 0 bridgehead atoms. The Labute approximate surface area is 165 Å². The van der Waals surface area contributed by atoms with Crippen LogP contribution in [0, 0.1) is 5.41 Å². The molecule has 3 rings (SSSR count). The molecule has 1 aliphatic rings. The van der Waals surface area contributed by atoms with Crippen molar-refractivity contribution in [2.45, 2.75) is 39.3 Å². The average molecular weight is 468 g/mol. The van der Waals surface area contributed by atoms with Crippen molar-refractivity contribution in [3.8, 4) is 0 Å². The standard InChI is InChI=1S/C20H20Br2O3/c1-13(23)20(19-24-14(2)25-19,11-15-3-7-17(21)8-4-15)12-16-5-9-18(22)10-6-16/h3-10,14,19H,11-12H2,1-2H3. The lowest BCUT2D eigenvalue weighted by molar-refractivity contribution is -0.404. The van der Waals surface area contributed by atoms with Crippen molar-refractivity contribution in [2.75, 3.05) is 0 Å². The molecule has 3 nitrogen and oxygen atoms in total. The van der Waals surface area contributed by atoms with E-state index >= 15 is 0 Å². The van der Waals surface area contributed by atoms with Gasteiger partial charge in [-0.25, -0.2) is 0 Å². The Morgan fingerprint density at radius 3 is 1.64 bits per heavy atom. The highest BCUT2D eigenvalue weighted by molar-refractivity contribution is 9.10. The van der Waals surface area contributed by atoms with Gasteiger partial charge in [-0.3, -0.25) is 4.79 Å². The summed E-state index contributed by atoms with van der Waals surface area (Å²) in [5, 5.41) is 0. The summed E-state index contributed by atoms with van der Waals surface area (Å²) in [6, 6.07) is 16.1. The van der Waals surface area contributed by atoms with Gasteiger partial charge in [0.1, 0.15) is 5.78 Å². The van der Waals surface area contributed by atoms with Gasteiger partial charge in [0.25, 0.3) is 0 Å². The number of ether oxygens (including phenoxy) is 2. The largest absolute Gasteiger partial charge is 0.323 e. The highest BCUT2D eigenvalue weighted by atomic mass is 79.9. The third-order valence-corrected chi connectivity index (χ3v) is 5.71. The van der Waals surface area contributed by atoms with Crippen LogP contribution >= 0.6 is 31.9 Å². The number of hydrogen-bond donors (Lipinski definition) is 0. The maximum Gasteiger partial charge on any atom is 0.176 e. The van der Waals surface area contributed by atoms with Crippen molar-refractivity contribution < 1.29 is 14.3 Å². The van der Waals surface area contributed by atoms with Crippen LogP contribution in [0.4, 0.5) is 0 Å². The summed E-state index contributed by atoms with van der Waals surface area (Å²) in [6.07, 6.45) is 0.359. The first-order valence-corrected chi connectivity index (χ1v) is 9.78. The van der Waals surface area contributed by atoms with Crippen molar-refractivity contribution in [3.05, 3.63) is 68.6 Å². The predicted molar refractivity (Wildman–Crippen MR) is 104 cm³/mol. The van der Waals surface area contributed by atoms with E-state index in [1.165, 1.54) is 0 Å². The molecule has 0 aromatic heterocycles. The minimum atomic E-state index is -0.742. The molecule has 0 unspecified atom stereocenters. The molecule has 1 heterocycles. The van der Waals surface area contributed by atoms with Gasteiger partial charge in [0.2, 0.25) is 0 Å². The third-order valence-electron chi connectivity index (χ3n) is 4.65. The molecule has 132 valence electrons. The Morgan fingerprint density at radius 1 is 0.920 bits per heavy atom. The van der Waals surface area contributed by atoms with Gasteiger partial charge >= 0.3 is 0 Å². The van der Waals surface area contributed by atoms with E-state index in [0.29, 0.717) is 12.8 Å². The molecular formula is C20H20Br2O3. The number of benzene rings is 2. The Hall–Kier alpha value is -1.01. The topological polar surface area (TPSA) is 35.5 Å². The van der Waals surface area contributed by atoms with E-state index in [0.717, 1.165) is 20.1 Å². The Kier molecular flexibility index (Phi) is 5.78. The highest BCUT2D eigenvalue weighted by Gasteiger charge is 2.50. The lowest BCUT2D eigenvalue weighted by Gasteiger charge is -2.46. The first kappa shape index (κ1) is 18.8. The molecule has 0 atom stereocenters. The number of rotatable bonds is 6. The van der Waals surface area contributed by atoms with Crippen LogP contribution in [0.3, 0.4) is 0 Å². The van der Waals surface area contributed by atoms with E-state index in [1.807, 2.05) is 55.5 Å². The Balaban J connectivity index is 1.94. The van der Waals surface area contributed by atoms with Crippen molar-refractivity contribution in [1.82, 2.24) is 0 Å². The lowest BCUT2D eigenvalue weighted by Crippen LogP contribution is -2.56. The van der Waals surface area contributed by atoms with E-state index in [1.54, 1.807) is 6.92 Å². The van der Waals surface area contributed by atoms with Crippen LogP contribution in [0.2, 0.25) is 0 Å². The summed E-state index contributed by atoms with van der Waals surface area (Å²) in [7, 11) is 0. The zero-order valence-corrected chi connectivity index (χ0v) is 17.3. The summed E-state index contributed by atoms with van der Waals surface area (Å²) in [6.45, 7) is 3.48. The van der Waals surface area contributed by atoms with Gasteiger partial charge in [0.15, 0.2) is 12.6 Å². The van der Waals surface area contributed by atoms with Crippen LogP contribution in [0.1, 0.15) is 25.0 Å². The molecule has 0 saturated carbocycles. The molecule has 5 heteroatoms. The van der Waals surface area contributed by atoms with E-state index in [2.05, 4.69) is 31.9 Å². The summed E-state index contributed by atoms with van der Waals surface area (Å²) in [4.78, 5) is 12.8. The molecule has 0 aliphatic carbocycles. The van der Waals surface area contributed by atoms with Gasteiger partial charge in [-0.2, -0.15) is 0 Å². The fraction of sp³-hybridized carbons (Fsp3) is 0.350. The molecule has 2 aromatic carbocycles. The summed E-state index contributed by atoms with van der Waals surface area (Å²) < 4.78 is 13.6. The summed E-state index contributed by atoms with van der Waals surface area (Å²) in [5.41, 5.74) is 1.43. The van der Waals surface area contributed by atoms with Gasteiger partial charge in [-0.05, 0) is 62.1 Å². The maximum atomic E-state index is 12.8. The first-order chi connectivity index (χ1) is 11.9. The molecular weight excluding hydrogens is 448 g/mol. The fourth-order valence-corrected chi connectivity index (χ4v) is 3.72. The van der Waals surface area contributed by atoms with Crippen molar-refractivity contribution in [2.24, 2.45) is 5.41 Å². The molecule has 0 spiro atoms. The van der Waals surface area contributed by atoms with E-state index in [-0.39, 0.29) is 12.1 Å². The van der Waals surface area contributed by atoms with Gasteiger partial charge in [0.05, 0.1) is 5.41 Å². The van der Waals surface area contributed by atoms with E-state index in [9.17, 15) is 4.79 Å². The van der Waals surface area contributed by atoms with Gasteiger partial charge in [-0.1, -0.05) is 56.1 Å². The van der Waals surface area contributed by atoms with Gasteiger partial charge in [0, 0.05) is 8.95 Å². The molecule has 1 fully saturated rings. The van der Waals surface area contributed by atoms with Gasteiger partial charge < -0.3 is 9.47 Å². The quantitative estimate of drug-likeness (QED) is 0.578. The van der Waals surface area contributed by atoms with E-state index in [4.69, 9.17) is 9.47 Å². The SMILES string of the molecule is CC(=O)C(Cc1ccc(Br)cc1)(Cc1ccc(Br)cc1)C1OC(C)O1. The van der Waals surface area contributed by atoms with Crippen LogP contribution in [-0.4, -0.2) is 18.4 Å². The fourth-order valence-electron chi connectivity index (χ4n) is 3.20. The molecule has 1 saturated heterocycles. The average Bonchev–Trinajstić information content (AvgIpc) is 2.55. The molecule has 0 radical (unpaired) electrons. The van der Waals surface area contributed by atoms with Crippen LogP contribution in [0.5, 0.6) is 0 Å². The first-order valence-electron chi connectivity index (χ1n) is 8.20. The normalized spacial score (nSPS) is 20.2. The second kappa shape index (κ2) is 7.70. The van der Waals surface area contributed by atoms with Crippen molar-refractivity contribution >= 4 is 37.6 Å². The molecule has 25 heavy (non-hydrogen) atoms. The lowest BCUT2D eigenvalue weighted by atomic mass is 9.72. The Morgan fingerprint density at radius 2 is 1.32 bits per heavy atom. The minimum absolute atomic E-state index is 0.0789. The van der Waals surface area contributed by atoms with E-state index < -0.39 is 11.7 Å². The second-order valence-corrected chi connectivity index (χ2v) is 8.32. The number of carbonyl (C=O) groups is 1. The molecule has 0 N–H and O–H groups in total. The maximum absolute atomic E-state index is 12.8. The monoisotopic (exact) mass is 466 g/mol. The molecule has 2 aromatic rings. The van der Waals surface area contributed by atoms with Gasteiger partial charge in [-0.15, -0.1) is 0 Å². The number of ketones is 1. The number of hydrogen-bond acceptors (Lipinski definition) is 3. The highest BCUT2D eigenvalue weighted by Crippen LogP contribution is 2.41. The minimum Gasteiger partial charge on any atom is -0.323 e. The molecule has 1 aliphatic heterocycles. The van der Waals surface area contributed by atoms with Crippen molar-refractivity contribution in [3.63, 3.8) is 0 Å². The van der Waals surface area contributed by atoms with Crippen molar-refractivity contribution in [1.29, 1.82) is 0 Å². The predicted octanol–water partition coefficient (Wildman–Crippen LogP) is 5.29. The molecule has 0 amide bonds. The van der Waals surface area contributed by atoms with Crippen LogP contribution in [0.25, 0.3) is 0 Å². The number of Topliss-reactive ketones (excluding diaryl/α,β-unsaturated/α-hetero) is 1. The zero-order valence-electron chi connectivity index (χ0n) is 14.2. The Bertz CT molecular complexity index is 687. The summed E-state index contributed by atoms with van der Waals surface area (Å²) in [5.74, 6) is 0.0789. The van der Waals surface area contributed by atoms with Crippen LogP contribution < -0.4 is 0 Å². The summed E-state index contributed by atoms with van der Waals surface area (Å²) >= 11 is 6.91. The van der Waals surface area contributed by atoms with Crippen LogP contribution in [-0.2, 0) is 27.1 Å². The zero-order chi connectivity index (χ0) is 18.0. The number of carbonyl (C=O) groups excluding carboxylic acids is 1. The van der Waals surface area contributed by atoms with Crippen LogP contribution in [0.15, 0.2) is 57.5 Å². The second-order valence-electron chi connectivity index (χ2n) is 6.49. The number of halogens is 2.